The summed E-state index contributed by atoms with van der Waals surface area (Å²) in [6.07, 6.45) is 0.118. The first kappa shape index (κ1) is 15.9. The van der Waals surface area contributed by atoms with Crippen molar-refractivity contribution in [2.75, 3.05) is 0 Å². The van der Waals surface area contributed by atoms with Gasteiger partial charge in [0.2, 0.25) is 0 Å². The molecule has 0 spiro atoms. The molecule has 2 aromatic rings. The molecular formula is C15H15Cl2NO3. The maximum Gasteiger partial charge on any atom is 0.344 e. The van der Waals surface area contributed by atoms with Crippen LogP contribution in [-0.4, -0.2) is 22.2 Å². The van der Waals surface area contributed by atoms with Crippen LogP contribution >= 0.6 is 23.2 Å². The molecule has 0 amide bonds. The number of carboxylic acid groups (broad SMARTS) is 1. The van der Waals surface area contributed by atoms with Crippen LogP contribution in [0.1, 0.15) is 25.5 Å². The molecule has 0 aliphatic rings. The first-order chi connectivity index (χ1) is 9.93. The highest BCUT2D eigenvalue weighted by molar-refractivity contribution is 6.39. The van der Waals surface area contributed by atoms with E-state index in [0.29, 0.717) is 28.8 Å². The van der Waals surface area contributed by atoms with Gasteiger partial charge in [0.15, 0.2) is 11.9 Å². The fourth-order valence-corrected chi connectivity index (χ4v) is 2.60. The van der Waals surface area contributed by atoms with Gasteiger partial charge in [-0.25, -0.2) is 9.78 Å². The Morgan fingerprint density at radius 1 is 1.38 bits per heavy atom. The quantitative estimate of drug-likeness (QED) is 0.879. The second-order valence-electron chi connectivity index (χ2n) is 4.75. The van der Waals surface area contributed by atoms with Crippen molar-refractivity contribution < 1.29 is 14.6 Å². The van der Waals surface area contributed by atoms with Gasteiger partial charge in [-0.3, -0.25) is 0 Å². The molecule has 0 bridgehead atoms. The first-order valence-electron chi connectivity index (χ1n) is 6.58. The van der Waals surface area contributed by atoms with Crippen LogP contribution in [0.3, 0.4) is 0 Å². The van der Waals surface area contributed by atoms with E-state index in [9.17, 15) is 9.90 Å². The van der Waals surface area contributed by atoms with Crippen LogP contribution in [0.4, 0.5) is 0 Å². The van der Waals surface area contributed by atoms with E-state index in [1.807, 2.05) is 26.0 Å². The monoisotopic (exact) mass is 327 g/mol. The molecule has 0 radical (unpaired) electrons. The zero-order chi connectivity index (χ0) is 15.6. The smallest absolute Gasteiger partial charge is 0.344 e. The lowest BCUT2D eigenvalue weighted by Gasteiger charge is -2.17. The van der Waals surface area contributed by atoms with Gasteiger partial charge in [-0.1, -0.05) is 36.5 Å². The Bertz CT molecular complexity index is 688. The summed E-state index contributed by atoms with van der Waals surface area (Å²) in [5.74, 6) is -0.760. The number of benzene rings is 1. The Hall–Kier alpha value is -1.52. The summed E-state index contributed by atoms with van der Waals surface area (Å²) in [6, 6.07) is 5.19. The number of pyridine rings is 1. The van der Waals surface area contributed by atoms with Crippen LogP contribution in [0.5, 0.6) is 5.75 Å². The number of aromatic nitrogens is 1. The molecule has 2 rings (SSSR count). The molecule has 1 unspecified atom stereocenters. The number of hydrogen-bond donors (Lipinski definition) is 1. The van der Waals surface area contributed by atoms with E-state index < -0.39 is 12.1 Å². The predicted molar refractivity (Wildman–Crippen MR) is 83.5 cm³/mol. The van der Waals surface area contributed by atoms with Gasteiger partial charge in [-0.05, 0) is 31.5 Å². The maximum absolute atomic E-state index is 11.3. The molecule has 0 saturated carbocycles. The Morgan fingerprint density at radius 2 is 2.10 bits per heavy atom. The fraction of sp³-hybridized carbons (Fsp3) is 0.333. The summed E-state index contributed by atoms with van der Waals surface area (Å²) in [5.41, 5.74) is 1.25. The van der Waals surface area contributed by atoms with Gasteiger partial charge in [0.25, 0.3) is 0 Å². The van der Waals surface area contributed by atoms with Crippen molar-refractivity contribution in [1.29, 1.82) is 0 Å². The van der Waals surface area contributed by atoms with E-state index in [1.165, 1.54) is 0 Å². The number of fused-ring (bicyclic) bond motifs is 1. The molecular weight excluding hydrogens is 313 g/mol. The van der Waals surface area contributed by atoms with E-state index in [1.54, 1.807) is 6.07 Å². The molecule has 112 valence electrons. The normalized spacial score (nSPS) is 12.4. The van der Waals surface area contributed by atoms with Gasteiger partial charge >= 0.3 is 5.97 Å². The molecule has 4 nitrogen and oxygen atoms in total. The summed E-state index contributed by atoms with van der Waals surface area (Å²) in [4.78, 5) is 15.6. The highest BCUT2D eigenvalue weighted by Gasteiger charge is 2.22. The summed E-state index contributed by atoms with van der Waals surface area (Å²) in [6.45, 7) is 3.72. The van der Waals surface area contributed by atoms with E-state index >= 15 is 0 Å². The Labute approximate surface area is 132 Å². The molecule has 0 aliphatic heterocycles. The highest BCUT2D eigenvalue weighted by Crippen LogP contribution is 2.38. The Morgan fingerprint density at radius 3 is 2.71 bits per heavy atom. The third kappa shape index (κ3) is 3.39. The molecule has 1 atom stereocenters. The molecule has 0 fully saturated rings. The number of aliphatic carboxylic acids is 1. The lowest BCUT2D eigenvalue weighted by atomic mass is 10.1. The second-order valence-corrected chi connectivity index (χ2v) is 5.57. The fourth-order valence-electron chi connectivity index (χ4n) is 2.04. The van der Waals surface area contributed by atoms with Gasteiger partial charge in [0, 0.05) is 11.1 Å². The van der Waals surface area contributed by atoms with Crippen molar-refractivity contribution >= 4 is 40.1 Å². The number of carbonyl (C=O) groups is 1. The summed E-state index contributed by atoms with van der Waals surface area (Å²) < 4.78 is 5.62. The topological polar surface area (TPSA) is 59.4 Å². The predicted octanol–water partition coefficient (Wildman–Crippen LogP) is 4.48. The number of carboxylic acids is 1. The average Bonchev–Trinajstić information content (AvgIpc) is 2.41. The van der Waals surface area contributed by atoms with Crippen molar-refractivity contribution in [2.45, 2.75) is 32.8 Å². The minimum atomic E-state index is -1.02. The van der Waals surface area contributed by atoms with Crippen molar-refractivity contribution in [1.82, 2.24) is 4.98 Å². The summed E-state index contributed by atoms with van der Waals surface area (Å²) >= 11 is 12.3. The highest BCUT2D eigenvalue weighted by atomic mass is 35.5. The van der Waals surface area contributed by atoms with E-state index in [4.69, 9.17) is 27.9 Å². The third-order valence-corrected chi connectivity index (χ3v) is 3.66. The SMILES string of the molecule is CCCC(Oc1c(Cl)cc(Cl)c2ccc(C)nc12)C(=O)O. The van der Waals surface area contributed by atoms with Gasteiger partial charge in [0.05, 0.1) is 10.0 Å². The number of aryl methyl sites for hydroxylation is 1. The first-order valence-corrected chi connectivity index (χ1v) is 7.34. The van der Waals surface area contributed by atoms with Crippen LogP contribution in [0.2, 0.25) is 10.0 Å². The molecule has 6 heteroatoms. The van der Waals surface area contributed by atoms with Gasteiger partial charge < -0.3 is 9.84 Å². The molecule has 0 aliphatic carbocycles. The maximum atomic E-state index is 11.3. The molecule has 21 heavy (non-hydrogen) atoms. The van der Waals surface area contributed by atoms with Crippen LogP contribution in [0.25, 0.3) is 10.9 Å². The van der Waals surface area contributed by atoms with Crippen molar-refractivity contribution in [3.8, 4) is 5.75 Å². The number of ether oxygens (including phenoxy) is 1. The van der Waals surface area contributed by atoms with E-state index in [-0.39, 0.29) is 10.8 Å². The molecule has 0 saturated heterocycles. The molecule has 1 heterocycles. The van der Waals surface area contributed by atoms with Crippen LogP contribution < -0.4 is 4.74 Å². The number of halogens is 2. The van der Waals surface area contributed by atoms with Crippen LogP contribution in [-0.2, 0) is 4.79 Å². The van der Waals surface area contributed by atoms with E-state index in [2.05, 4.69) is 4.98 Å². The van der Waals surface area contributed by atoms with Crippen LogP contribution in [0, 0.1) is 6.92 Å². The minimum absolute atomic E-state index is 0.257. The standard InChI is InChI=1S/C15H15Cl2NO3/c1-3-4-12(15(19)20)21-14-11(17)7-10(16)9-6-5-8(2)18-13(9)14/h5-7,12H,3-4H2,1-2H3,(H,19,20). The van der Waals surface area contributed by atoms with Crippen molar-refractivity contribution in [3.05, 3.63) is 33.9 Å². The summed E-state index contributed by atoms with van der Waals surface area (Å²) in [7, 11) is 0. The average molecular weight is 328 g/mol. The Balaban J connectivity index is 2.56. The zero-order valence-electron chi connectivity index (χ0n) is 11.7. The molecule has 1 aromatic heterocycles. The number of rotatable bonds is 5. The van der Waals surface area contributed by atoms with Gasteiger partial charge in [-0.2, -0.15) is 0 Å². The number of hydrogen-bond acceptors (Lipinski definition) is 3. The zero-order valence-corrected chi connectivity index (χ0v) is 13.2. The van der Waals surface area contributed by atoms with Crippen LogP contribution in [0.15, 0.2) is 18.2 Å². The van der Waals surface area contributed by atoms with Gasteiger partial charge in [-0.15, -0.1) is 0 Å². The molecule has 1 aromatic carbocycles. The van der Waals surface area contributed by atoms with Crippen molar-refractivity contribution in [3.63, 3.8) is 0 Å². The minimum Gasteiger partial charge on any atom is -0.479 e. The number of nitrogens with zero attached hydrogens (tertiary/aromatic N) is 1. The van der Waals surface area contributed by atoms with Crippen molar-refractivity contribution in [2.24, 2.45) is 0 Å². The lowest BCUT2D eigenvalue weighted by Crippen LogP contribution is -2.27. The van der Waals surface area contributed by atoms with Gasteiger partial charge in [0.1, 0.15) is 5.52 Å². The lowest BCUT2D eigenvalue weighted by molar-refractivity contribution is -0.145. The largest absolute Gasteiger partial charge is 0.479 e. The second kappa shape index (κ2) is 6.50. The summed E-state index contributed by atoms with van der Waals surface area (Å²) in [5, 5.41) is 10.6. The Kier molecular flexibility index (Phi) is 4.91. The van der Waals surface area contributed by atoms with E-state index in [0.717, 1.165) is 5.69 Å². The third-order valence-electron chi connectivity index (χ3n) is 3.06. The molecule has 1 N–H and O–H groups in total.